The van der Waals surface area contributed by atoms with Crippen LogP contribution in [-0.2, 0) is 20.7 Å². The molecule has 1 fully saturated rings. The lowest BCUT2D eigenvalue weighted by molar-refractivity contribution is -0.145. The van der Waals surface area contributed by atoms with Crippen molar-refractivity contribution in [3.8, 4) is 0 Å². The second-order valence-electron chi connectivity index (χ2n) is 5.83. The largest absolute Gasteiger partial charge is 0.467 e. The van der Waals surface area contributed by atoms with Gasteiger partial charge in [-0.3, -0.25) is 4.79 Å². The lowest BCUT2D eigenvalue weighted by Gasteiger charge is -2.18. The molecule has 1 amide bonds. The standard InChI is InChI=1S/C17H22INO3/c1-22-17(21)15(10-13-6-8-14(18)9-7-13)19-16(20)11-12-4-2-3-5-12/h6-9,12,15H,2-5,10-11H2,1H3,(H,19,20)/t15-/m1/s1. The van der Waals surface area contributed by atoms with E-state index in [2.05, 4.69) is 27.9 Å². The van der Waals surface area contributed by atoms with Crippen LogP contribution in [0.1, 0.15) is 37.7 Å². The van der Waals surface area contributed by atoms with Crippen LogP contribution < -0.4 is 5.32 Å². The quantitative estimate of drug-likeness (QED) is 0.574. The first kappa shape index (κ1) is 17.2. The fraction of sp³-hybridized carbons (Fsp3) is 0.529. The Morgan fingerprint density at radius 1 is 1.27 bits per heavy atom. The molecule has 0 radical (unpaired) electrons. The number of rotatable bonds is 6. The van der Waals surface area contributed by atoms with Crippen molar-refractivity contribution < 1.29 is 14.3 Å². The molecule has 0 bridgehead atoms. The van der Waals surface area contributed by atoms with Crippen molar-refractivity contribution in [3.63, 3.8) is 0 Å². The average Bonchev–Trinajstić information content (AvgIpc) is 3.00. The van der Waals surface area contributed by atoms with E-state index in [0.717, 1.165) is 22.0 Å². The predicted molar refractivity (Wildman–Crippen MR) is 93.4 cm³/mol. The van der Waals surface area contributed by atoms with Crippen molar-refractivity contribution in [2.24, 2.45) is 5.92 Å². The Morgan fingerprint density at radius 2 is 1.91 bits per heavy atom. The summed E-state index contributed by atoms with van der Waals surface area (Å²) >= 11 is 2.24. The molecule has 1 aromatic rings. The summed E-state index contributed by atoms with van der Waals surface area (Å²) in [5, 5.41) is 2.84. The molecule has 0 aromatic heterocycles. The first-order valence-corrected chi connectivity index (χ1v) is 8.78. The van der Waals surface area contributed by atoms with Gasteiger partial charge >= 0.3 is 5.97 Å². The van der Waals surface area contributed by atoms with Gasteiger partial charge in [0.05, 0.1) is 7.11 Å². The SMILES string of the molecule is COC(=O)[C@@H](Cc1ccc(I)cc1)NC(=O)CC1CCCC1. The highest BCUT2D eigenvalue weighted by atomic mass is 127. The zero-order valence-electron chi connectivity index (χ0n) is 12.8. The maximum atomic E-state index is 12.2. The van der Waals surface area contributed by atoms with Gasteiger partial charge in [-0.25, -0.2) is 4.79 Å². The highest BCUT2D eigenvalue weighted by molar-refractivity contribution is 14.1. The molecule has 1 aromatic carbocycles. The number of halogens is 1. The minimum atomic E-state index is -0.612. The molecule has 1 saturated carbocycles. The summed E-state index contributed by atoms with van der Waals surface area (Å²) < 4.78 is 5.96. The van der Waals surface area contributed by atoms with Gasteiger partial charge in [0.25, 0.3) is 0 Å². The van der Waals surface area contributed by atoms with Crippen LogP contribution >= 0.6 is 22.6 Å². The van der Waals surface area contributed by atoms with E-state index >= 15 is 0 Å². The highest BCUT2D eigenvalue weighted by Crippen LogP contribution is 2.27. The normalized spacial score (nSPS) is 16.3. The van der Waals surface area contributed by atoms with Crippen LogP contribution in [-0.4, -0.2) is 25.0 Å². The predicted octanol–water partition coefficient (Wildman–Crippen LogP) is 3.07. The van der Waals surface area contributed by atoms with E-state index in [-0.39, 0.29) is 5.91 Å². The zero-order chi connectivity index (χ0) is 15.9. The van der Waals surface area contributed by atoms with Crippen LogP contribution in [0.15, 0.2) is 24.3 Å². The summed E-state index contributed by atoms with van der Waals surface area (Å²) in [6.07, 6.45) is 5.63. The smallest absolute Gasteiger partial charge is 0.328 e. The number of carbonyl (C=O) groups is 2. The number of hydrogen-bond donors (Lipinski definition) is 1. The number of methoxy groups -OCH3 is 1. The summed E-state index contributed by atoms with van der Waals surface area (Å²) in [5.74, 6) is 0.0303. The number of carbonyl (C=O) groups excluding carboxylic acids is 2. The maximum absolute atomic E-state index is 12.2. The lowest BCUT2D eigenvalue weighted by Crippen LogP contribution is -2.43. The second kappa shape index (κ2) is 8.50. The van der Waals surface area contributed by atoms with Gasteiger partial charge in [-0.15, -0.1) is 0 Å². The minimum absolute atomic E-state index is 0.0483. The number of amides is 1. The fourth-order valence-corrected chi connectivity index (χ4v) is 3.28. The van der Waals surface area contributed by atoms with E-state index < -0.39 is 12.0 Å². The molecule has 5 heteroatoms. The van der Waals surface area contributed by atoms with Gasteiger partial charge in [-0.05, 0) is 59.0 Å². The molecular weight excluding hydrogens is 393 g/mol. The van der Waals surface area contributed by atoms with E-state index in [1.165, 1.54) is 20.0 Å². The van der Waals surface area contributed by atoms with Crippen LogP contribution in [0, 0.1) is 9.49 Å². The molecule has 0 spiro atoms. The average molecular weight is 415 g/mol. The molecule has 120 valence electrons. The Hall–Kier alpha value is -1.11. The maximum Gasteiger partial charge on any atom is 0.328 e. The van der Waals surface area contributed by atoms with E-state index in [4.69, 9.17) is 4.74 Å². The highest BCUT2D eigenvalue weighted by Gasteiger charge is 2.24. The van der Waals surface area contributed by atoms with Crippen LogP contribution in [0.5, 0.6) is 0 Å². The second-order valence-corrected chi connectivity index (χ2v) is 7.07. The van der Waals surface area contributed by atoms with Crippen molar-refractivity contribution in [2.45, 2.75) is 44.6 Å². The summed E-state index contributed by atoms with van der Waals surface area (Å²) in [6.45, 7) is 0. The van der Waals surface area contributed by atoms with Gasteiger partial charge in [-0.1, -0.05) is 25.0 Å². The molecule has 0 heterocycles. The number of hydrogen-bond acceptors (Lipinski definition) is 3. The van der Waals surface area contributed by atoms with Crippen LogP contribution in [0.2, 0.25) is 0 Å². The van der Waals surface area contributed by atoms with Gasteiger partial charge in [-0.2, -0.15) is 0 Å². The molecule has 1 aliphatic rings. The molecule has 4 nitrogen and oxygen atoms in total. The van der Waals surface area contributed by atoms with E-state index in [1.807, 2.05) is 24.3 Å². The number of nitrogens with one attached hydrogen (secondary N) is 1. The van der Waals surface area contributed by atoms with Crippen molar-refractivity contribution >= 4 is 34.5 Å². The molecule has 0 saturated heterocycles. The molecule has 2 rings (SSSR count). The Bertz CT molecular complexity index is 509. The lowest BCUT2D eigenvalue weighted by atomic mass is 10.0. The summed E-state index contributed by atoms with van der Waals surface area (Å²) in [5.41, 5.74) is 1.01. The van der Waals surface area contributed by atoms with Crippen molar-refractivity contribution in [3.05, 3.63) is 33.4 Å². The van der Waals surface area contributed by atoms with Crippen LogP contribution in [0.4, 0.5) is 0 Å². The van der Waals surface area contributed by atoms with Crippen LogP contribution in [0.25, 0.3) is 0 Å². The zero-order valence-corrected chi connectivity index (χ0v) is 15.0. The molecule has 1 N–H and O–H groups in total. The van der Waals surface area contributed by atoms with Crippen LogP contribution in [0.3, 0.4) is 0 Å². The molecule has 0 unspecified atom stereocenters. The number of ether oxygens (including phenoxy) is 1. The van der Waals surface area contributed by atoms with Gasteiger partial charge in [0.15, 0.2) is 0 Å². The van der Waals surface area contributed by atoms with Gasteiger partial charge in [0.2, 0.25) is 5.91 Å². The summed E-state index contributed by atoms with van der Waals surface area (Å²) in [7, 11) is 1.35. The Labute approximate surface area is 145 Å². The molecule has 1 aliphatic carbocycles. The van der Waals surface area contributed by atoms with E-state index in [9.17, 15) is 9.59 Å². The first-order chi connectivity index (χ1) is 10.6. The molecule has 22 heavy (non-hydrogen) atoms. The number of benzene rings is 1. The summed E-state index contributed by atoms with van der Waals surface area (Å²) in [6, 6.07) is 7.32. The van der Waals surface area contributed by atoms with Gasteiger partial charge in [0.1, 0.15) is 6.04 Å². The van der Waals surface area contributed by atoms with Crippen molar-refractivity contribution in [1.29, 1.82) is 0 Å². The van der Waals surface area contributed by atoms with Crippen molar-refractivity contribution in [2.75, 3.05) is 7.11 Å². The fourth-order valence-electron chi connectivity index (χ4n) is 2.92. The Kier molecular flexibility index (Phi) is 6.67. The van der Waals surface area contributed by atoms with Gasteiger partial charge in [0, 0.05) is 16.4 Å². The first-order valence-electron chi connectivity index (χ1n) is 7.70. The Morgan fingerprint density at radius 3 is 2.50 bits per heavy atom. The van der Waals surface area contributed by atoms with Gasteiger partial charge < -0.3 is 10.1 Å². The Balaban J connectivity index is 1.94. The third-order valence-corrected chi connectivity index (χ3v) is 4.84. The van der Waals surface area contributed by atoms with Crippen molar-refractivity contribution in [1.82, 2.24) is 5.32 Å². The summed E-state index contributed by atoms with van der Waals surface area (Å²) in [4.78, 5) is 24.1. The monoisotopic (exact) mass is 415 g/mol. The topological polar surface area (TPSA) is 55.4 Å². The molecule has 0 aliphatic heterocycles. The number of esters is 1. The minimum Gasteiger partial charge on any atom is -0.467 e. The molecule has 1 atom stereocenters. The van der Waals surface area contributed by atoms with E-state index in [0.29, 0.717) is 18.8 Å². The molecular formula is C17H22INO3. The third-order valence-electron chi connectivity index (χ3n) is 4.12. The van der Waals surface area contributed by atoms with E-state index in [1.54, 1.807) is 0 Å². The third kappa shape index (κ3) is 5.26.